The van der Waals surface area contributed by atoms with Crippen LogP contribution in [0.3, 0.4) is 0 Å². The van der Waals surface area contributed by atoms with Gasteiger partial charge < -0.3 is 10.5 Å². The highest BCUT2D eigenvalue weighted by Crippen LogP contribution is 2.13. The van der Waals surface area contributed by atoms with Crippen molar-refractivity contribution in [3.63, 3.8) is 0 Å². The van der Waals surface area contributed by atoms with Crippen molar-refractivity contribution in [2.45, 2.75) is 12.5 Å². The van der Waals surface area contributed by atoms with Gasteiger partial charge in [0.15, 0.2) is 0 Å². The van der Waals surface area contributed by atoms with E-state index in [4.69, 9.17) is 17.3 Å². The second kappa shape index (κ2) is 4.93. The first-order valence-electron chi connectivity index (χ1n) is 4.08. The van der Waals surface area contributed by atoms with Gasteiger partial charge in [-0.3, -0.25) is 9.78 Å². The first-order chi connectivity index (χ1) is 6.65. The molecule has 4 nitrogen and oxygen atoms in total. The molecule has 0 radical (unpaired) electrons. The lowest BCUT2D eigenvalue weighted by atomic mass is 10.1. The molecule has 14 heavy (non-hydrogen) atoms. The normalized spacial score (nSPS) is 12.2. The fraction of sp³-hybridized carbons (Fsp3) is 0.333. The SMILES string of the molecule is COC(=O)[C@@H](N)Cc1ncccc1Cl. The van der Waals surface area contributed by atoms with Crippen LogP contribution in [0.15, 0.2) is 18.3 Å². The molecule has 2 N–H and O–H groups in total. The molecule has 0 aliphatic carbocycles. The minimum absolute atomic E-state index is 0.284. The van der Waals surface area contributed by atoms with Crippen LogP contribution < -0.4 is 5.73 Å². The molecule has 1 rings (SSSR count). The van der Waals surface area contributed by atoms with Gasteiger partial charge in [-0.25, -0.2) is 0 Å². The number of rotatable bonds is 3. The molecule has 1 heterocycles. The van der Waals surface area contributed by atoms with Gasteiger partial charge in [0, 0.05) is 12.6 Å². The predicted octanol–water partition coefficient (Wildman–Crippen LogP) is 0.778. The van der Waals surface area contributed by atoms with Crippen LogP contribution in [0.2, 0.25) is 5.02 Å². The summed E-state index contributed by atoms with van der Waals surface area (Å²) >= 11 is 5.85. The third-order valence-electron chi connectivity index (χ3n) is 1.75. The highest BCUT2D eigenvalue weighted by atomic mass is 35.5. The number of esters is 1. The van der Waals surface area contributed by atoms with Crippen LogP contribution in [0, 0.1) is 0 Å². The molecule has 1 aromatic heterocycles. The average Bonchev–Trinajstić information content (AvgIpc) is 2.20. The Kier molecular flexibility index (Phi) is 3.85. The van der Waals surface area contributed by atoms with E-state index in [0.29, 0.717) is 10.7 Å². The van der Waals surface area contributed by atoms with Crippen LogP contribution in [0.1, 0.15) is 5.69 Å². The van der Waals surface area contributed by atoms with E-state index in [9.17, 15) is 4.79 Å². The number of hydrogen-bond donors (Lipinski definition) is 1. The van der Waals surface area contributed by atoms with Gasteiger partial charge in [0.2, 0.25) is 0 Å². The molecule has 0 bridgehead atoms. The highest BCUT2D eigenvalue weighted by Gasteiger charge is 2.16. The summed E-state index contributed by atoms with van der Waals surface area (Å²) in [6, 6.07) is 2.70. The molecular formula is C9H11ClN2O2. The van der Waals surface area contributed by atoms with E-state index in [1.165, 1.54) is 7.11 Å². The van der Waals surface area contributed by atoms with Crippen molar-refractivity contribution in [2.75, 3.05) is 7.11 Å². The summed E-state index contributed by atoms with van der Waals surface area (Å²) in [5.41, 5.74) is 6.16. The number of pyridine rings is 1. The fourth-order valence-corrected chi connectivity index (χ4v) is 1.21. The van der Waals surface area contributed by atoms with Gasteiger partial charge >= 0.3 is 5.97 Å². The van der Waals surface area contributed by atoms with Crippen LogP contribution in [-0.4, -0.2) is 24.1 Å². The number of methoxy groups -OCH3 is 1. The Labute approximate surface area is 87.0 Å². The Hall–Kier alpha value is -1.13. The molecule has 1 atom stereocenters. The lowest BCUT2D eigenvalue weighted by Crippen LogP contribution is -2.34. The van der Waals surface area contributed by atoms with Gasteiger partial charge in [0.1, 0.15) is 6.04 Å². The summed E-state index contributed by atoms with van der Waals surface area (Å²) in [5, 5.41) is 0.506. The van der Waals surface area contributed by atoms with Crippen molar-refractivity contribution >= 4 is 17.6 Å². The van der Waals surface area contributed by atoms with E-state index in [1.807, 2.05) is 0 Å². The molecule has 1 aromatic rings. The summed E-state index contributed by atoms with van der Waals surface area (Å²) in [7, 11) is 1.29. The zero-order chi connectivity index (χ0) is 10.6. The van der Waals surface area contributed by atoms with Crippen LogP contribution in [0.5, 0.6) is 0 Å². The topological polar surface area (TPSA) is 65.2 Å². The number of carbonyl (C=O) groups excluding carboxylic acids is 1. The monoisotopic (exact) mass is 214 g/mol. The maximum absolute atomic E-state index is 11.0. The Morgan fingerprint density at radius 3 is 3.07 bits per heavy atom. The summed E-state index contributed by atoms with van der Waals surface area (Å²) in [5.74, 6) is -0.466. The second-order valence-electron chi connectivity index (χ2n) is 2.77. The van der Waals surface area contributed by atoms with Gasteiger partial charge in [-0.05, 0) is 12.1 Å². The van der Waals surface area contributed by atoms with Gasteiger partial charge in [-0.2, -0.15) is 0 Å². The lowest BCUT2D eigenvalue weighted by Gasteiger charge is -2.08. The van der Waals surface area contributed by atoms with Crippen LogP contribution in [0.25, 0.3) is 0 Å². The summed E-state index contributed by atoms with van der Waals surface area (Å²) in [6.07, 6.45) is 1.89. The number of nitrogens with zero attached hydrogens (tertiary/aromatic N) is 1. The number of halogens is 1. The standard InChI is InChI=1S/C9H11ClN2O2/c1-14-9(13)7(11)5-8-6(10)3-2-4-12-8/h2-4,7H,5,11H2,1H3/t7-/m0/s1. The Morgan fingerprint density at radius 1 is 1.79 bits per heavy atom. The Morgan fingerprint density at radius 2 is 2.50 bits per heavy atom. The van der Waals surface area contributed by atoms with Crippen molar-refractivity contribution in [1.82, 2.24) is 4.98 Å². The molecule has 0 saturated carbocycles. The van der Waals surface area contributed by atoms with E-state index in [2.05, 4.69) is 9.72 Å². The molecule has 76 valence electrons. The van der Waals surface area contributed by atoms with Gasteiger partial charge in [0.05, 0.1) is 17.8 Å². The minimum Gasteiger partial charge on any atom is -0.468 e. The quantitative estimate of drug-likeness (QED) is 0.756. The van der Waals surface area contributed by atoms with Crippen molar-refractivity contribution < 1.29 is 9.53 Å². The number of ether oxygens (including phenoxy) is 1. The number of carbonyl (C=O) groups is 1. The smallest absolute Gasteiger partial charge is 0.323 e. The molecular weight excluding hydrogens is 204 g/mol. The lowest BCUT2D eigenvalue weighted by molar-refractivity contribution is -0.142. The maximum Gasteiger partial charge on any atom is 0.323 e. The molecule has 0 fully saturated rings. The Balaban J connectivity index is 2.69. The second-order valence-corrected chi connectivity index (χ2v) is 3.17. The molecule has 0 amide bonds. The van der Waals surface area contributed by atoms with Crippen LogP contribution in [0.4, 0.5) is 0 Å². The molecule has 0 aliphatic heterocycles. The molecule has 0 aliphatic rings. The molecule has 0 unspecified atom stereocenters. The molecule has 0 saturated heterocycles. The van der Waals surface area contributed by atoms with Crippen LogP contribution >= 0.6 is 11.6 Å². The minimum atomic E-state index is -0.715. The van der Waals surface area contributed by atoms with Crippen molar-refractivity contribution in [2.24, 2.45) is 5.73 Å². The van der Waals surface area contributed by atoms with Crippen LogP contribution in [-0.2, 0) is 16.0 Å². The van der Waals surface area contributed by atoms with Gasteiger partial charge in [0.25, 0.3) is 0 Å². The maximum atomic E-state index is 11.0. The first-order valence-corrected chi connectivity index (χ1v) is 4.45. The average molecular weight is 215 g/mol. The van der Waals surface area contributed by atoms with Crippen molar-refractivity contribution in [1.29, 1.82) is 0 Å². The third-order valence-corrected chi connectivity index (χ3v) is 2.10. The predicted molar refractivity (Wildman–Crippen MR) is 52.9 cm³/mol. The first kappa shape index (κ1) is 10.9. The largest absolute Gasteiger partial charge is 0.468 e. The fourth-order valence-electron chi connectivity index (χ4n) is 1.01. The summed E-state index contributed by atoms with van der Waals surface area (Å²) in [6.45, 7) is 0. The molecule has 5 heteroatoms. The van der Waals surface area contributed by atoms with E-state index in [0.717, 1.165) is 0 Å². The van der Waals surface area contributed by atoms with E-state index in [-0.39, 0.29) is 6.42 Å². The van der Waals surface area contributed by atoms with Crippen molar-refractivity contribution in [3.8, 4) is 0 Å². The third kappa shape index (κ3) is 2.68. The highest BCUT2D eigenvalue weighted by molar-refractivity contribution is 6.31. The number of hydrogen-bond acceptors (Lipinski definition) is 4. The van der Waals surface area contributed by atoms with E-state index in [1.54, 1.807) is 18.3 Å². The summed E-state index contributed by atoms with van der Waals surface area (Å²) in [4.78, 5) is 15.0. The molecule has 0 spiro atoms. The van der Waals surface area contributed by atoms with E-state index >= 15 is 0 Å². The van der Waals surface area contributed by atoms with Crippen molar-refractivity contribution in [3.05, 3.63) is 29.0 Å². The van der Waals surface area contributed by atoms with Gasteiger partial charge in [-0.1, -0.05) is 11.6 Å². The summed E-state index contributed by atoms with van der Waals surface area (Å²) < 4.78 is 4.49. The number of aromatic nitrogens is 1. The zero-order valence-corrected chi connectivity index (χ0v) is 8.49. The van der Waals surface area contributed by atoms with Gasteiger partial charge in [-0.15, -0.1) is 0 Å². The Bertz CT molecular complexity index is 330. The number of nitrogens with two attached hydrogens (primary N) is 1. The zero-order valence-electron chi connectivity index (χ0n) is 7.74. The molecule has 0 aromatic carbocycles. The van der Waals surface area contributed by atoms with E-state index < -0.39 is 12.0 Å².